The summed E-state index contributed by atoms with van der Waals surface area (Å²) in [7, 11) is 0. The number of aromatic nitrogens is 1. The number of anilines is 1. The Hall–Kier alpha value is -0.650. The van der Waals surface area contributed by atoms with Gasteiger partial charge in [-0.1, -0.05) is 29.0 Å². The third-order valence-corrected chi connectivity index (χ3v) is 5.41. The average Bonchev–Trinajstić information content (AvgIpc) is 2.73. The van der Waals surface area contributed by atoms with Crippen molar-refractivity contribution in [3.63, 3.8) is 0 Å². The molecule has 0 radical (unpaired) electrons. The molecule has 0 fully saturated rings. The highest BCUT2D eigenvalue weighted by Crippen LogP contribution is 2.28. The quantitative estimate of drug-likeness (QED) is 0.666. The molecule has 1 aromatic heterocycles. The van der Waals surface area contributed by atoms with Gasteiger partial charge in [-0.3, -0.25) is 0 Å². The van der Waals surface area contributed by atoms with Gasteiger partial charge in [0.05, 0.1) is 10.4 Å². The maximum Gasteiger partial charge on any atom is 0.181 e. The minimum absolute atomic E-state index is 0.652. The normalized spacial score (nSPS) is 10.6. The number of thioether (sulfide) groups is 2. The minimum Gasteiger partial charge on any atom is -0.375 e. The molecule has 0 spiro atoms. The SMILES string of the molecule is Cc1ccc(SCCSc2cnc(N)s2)cc1. The molecule has 1 heterocycles. The second kappa shape index (κ2) is 6.33. The molecular formula is C12H14N2S3. The molecule has 0 saturated heterocycles. The summed E-state index contributed by atoms with van der Waals surface area (Å²) in [6.45, 7) is 2.11. The first-order chi connectivity index (χ1) is 8.24. The van der Waals surface area contributed by atoms with E-state index in [1.807, 2.05) is 29.7 Å². The molecule has 5 heteroatoms. The molecule has 2 rings (SSSR count). The number of nitrogen functional groups attached to an aromatic ring is 1. The molecule has 2 nitrogen and oxygen atoms in total. The van der Waals surface area contributed by atoms with Gasteiger partial charge in [0.15, 0.2) is 5.13 Å². The fraction of sp³-hybridized carbons (Fsp3) is 0.250. The summed E-state index contributed by atoms with van der Waals surface area (Å²) in [5.41, 5.74) is 6.89. The molecule has 0 aliphatic heterocycles. The van der Waals surface area contributed by atoms with E-state index in [9.17, 15) is 0 Å². The molecule has 17 heavy (non-hydrogen) atoms. The first kappa shape index (κ1) is 12.8. The van der Waals surface area contributed by atoms with Gasteiger partial charge in [0, 0.05) is 16.4 Å². The molecule has 90 valence electrons. The van der Waals surface area contributed by atoms with E-state index in [4.69, 9.17) is 5.73 Å². The van der Waals surface area contributed by atoms with Gasteiger partial charge in [-0.05, 0) is 19.1 Å². The molecule has 0 aliphatic rings. The zero-order chi connectivity index (χ0) is 12.1. The highest BCUT2D eigenvalue weighted by atomic mass is 32.2. The second-order valence-electron chi connectivity index (χ2n) is 3.53. The largest absolute Gasteiger partial charge is 0.375 e. The lowest BCUT2D eigenvalue weighted by molar-refractivity contribution is 1.36. The number of nitrogens with zero attached hydrogens (tertiary/aromatic N) is 1. The first-order valence-corrected chi connectivity index (χ1v) is 8.06. The smallest absolute Gasteiger partial charge is 0.181 e. The van der Waals surface area contributed by atoms with Crippen LogP contribution in [0.3, 0.4) is 0 Å². The van der Waals surface area contributed by atoms with Crippen LogP contribution in [-0.2, 0) is 0 Å². The van der Waals surface area contributed by atoms with Crippen molar-refractivity contribution in [2.24, 2.45) is 0 Å². The molecule has 0 atom stereocenters. The summed E-state index contributed by atoms with van der Waals surface area (Å²) in [5, 5.41) is 0.652. The van der Waals surface area contributed by atoms with E-state index in [-0.39, 0.29) is 0 Å². The Bertz CT molecular complexity index is 465. The highest BCUT2D eigenvalue weighted by Gasteiger charge is 1.99. The van der Waals surface area contributed by atoms with Crippen molar-refractivity contribution in [2.45, 2.75) is 16.0 Å². The van der Waals surface area contributed by atoms with Gasteiger partial charge < -0.3 is 5.73 Å². The number of rotatable bonds is 5. The lowest BCUT2D eigenvalue weighted by atomic mass is 10.2. The van der Waals surface area contributed by atoms with E-state index in [1.165, 1.54) is 14.7 Å². The predicted molar refractivity (Wildman–Crippen MR) is 79.2 cm³/mol. The Balaban J connectivity index is 1.71. The molecule has 0 aliphatic carbocycles. The fourth-order valence-electron chi connectivity index (χ4n) is 1.28. The van der Waals surface area contributed by atoms with E-state index < -0.39 is 0 Å². The Morgan fingerprint density at radius 1 is 1.18 bits per heavy atom. The van der Waals surface area contributed by atoms with Crippen LogP contribution in [0, 0.1) is 6.92 Å². The summed E-state index contributed by atoms with van der Waals surface area (Å²) in [6.07, 6.45) is 1.85. The average molecular weight is 282 g/mol. The minimum atomic E-state index is 0.652. The number of nitrogens with two attached hydrogens (primary N) is 1. The monoisotopic (exact) mass is 282 g/mol. The van der Waals surface area contributed by atoms with Gasteiger partial charge in [0.25, 0.3) is 0 Å². The highest BCUT2D eigenvalue weighted by molar-refractivity contribution is 8.04. The Morgan fingerprint density at radius 3 is 2.53 bits per heavy atom. The molecule has 0 amide bonds. The van der Waals surface area contributed by atoms with Crippen molar-refractivity contribution in [3.05, 3.63) is 36.0 Å². The molecule has 0 saturated carbocycles. The number of hydrogen-bond acceptors (Lipinski definition) is 5. The van der Waals surface area contributed by atoms with Crippen molar-refractivity contribution < 1.29 is 0 Å². The second-order valence-corrected chi connectivity index (χ2v) is 7.15. The molecule has 0 bridgehead atoms. The van der Waals surface area contributed by atoms with Gasteiger partial charge in [0.1, 0.15) is 0 Å². The van der Waals surface area contributed by atoms with Crippen LogP contribution >= 0.6 is 34.9 Å². The van der Waals surface area contributed by atoms with Crippen molar-refractivity contribution in [3.8, 4) is 0 Å². The fourth-order valence-corrected chi connectivity index (χ4v) is 3.99. The topological polar surface area (TPSA) is 38.9 Å². The van der Waals surface area contributed by atoms with Crippen molar-refractivity contribution in [2.75, 3.05) is 17.2 Å². The number of aryl methyl sites for hydroxylation is 1. The van der Waals surface area contributed by atoms with Crippen molar-refractivity contribution in [1.82, 2.24) is 4.98 Å². The maximum atomic E-state index is 5.58. The summed E-state index contributed by atoms with van der Waals surface area (Å²) in [6, 6.07) is 8.66. The Kier molecular flexibility index (Phi) is 4.76. The van der Waals surface area contributed by atoms with Crippen molar-refractivity contribution in [1.29, 1.82) is 0 Å². The van der Waals surface area contributed by atoms with E-state index in [1.54, 1.807) is 11.3 Å². The van der Waals surface area contributed by atoms with Gasteiger partial charge in [0.2, 0.25) is 0 Å². The zero-order valence-electron chi connectivity index (χ0n) is 9.55. The molecule has 1 aromatic carbocycles. The van der Waals surface area contributed by atoms with Crippen LogP contribution in [0.5, 0.6) is 0 Å². The lowest BCUT2D eigenvalue weighted by Crippen LogP contribution is -1.83. The molecular weight excluding hydrogens is 268 g/mol. The molecule has 2 N–H and O–H groups in total. The van der Waals surface area contributed by atoms with Crippen LogP contribution in [0.2, 0.25) is 0 Å². The third-order valence-electron chi connectivity index (χ3n) is 2.12. The van der Waals surface area contributed by atoms with Gasteiger partial charge in [-0.25, -0.2) is 4.98 Å². The maximum absolute atomic E-state index is 5.58. The van der Waals surface area contributed by atoms with Gasteiger partial charge in [-0.15, -0.1) is 23.5 Å². The van der Waals surface area contributed by atoms with Crippen LogP contribution in [0.1, 0.15) is 5.56 Å². The van der Waals surface area contributed by atoms with Crippen LogP contribution in [0.25, 0.3) is 0 Å². The van der Waals surface area contributed by atoms with Gasteiger partial charge in [-0.2, -0.15) is 0 Å². The van der Waals surface area contributed by atoms with E-state index in [0.29, 0.717) is 5.13 Å². The standard InChI is InChI=1S/C12H14N2S3/c1-9-2-4-10(5-3-9)15-6-7-16-11-8-14-12(13)17-11/h2-5,8H,6-7H2,1H3,(H2,13,14). The number of benzene rings is 1. The van der Waals surface area contributed by atoms with Crippen molar-refractivity contribution >= 4 is 40.0 Å². The predicted octanol–water partition coefficient (Wildman–Crippen LogP) is 3.92. The number of thiazole rings is 1. The summed E-state index contributed by atoms with van der Waals surface area (Å²) in [4.78, 5) is 5.37. The Morgan fingerprint density at radius 2 is 1.88 bits per heavy atom. The first-order valence-electron chi connectivity index (χ1n) is 5.27. The van der Waals surface area contributed by atoms with E-state index in [0.717, 1.165) is 11.5 Å². The summed E-state index contributed by atoms with van der Waals surface area (Å²) in [5.74, 6) is 2.19. The van der Waals surface area contributed by atoms with E-state index in [2.05, 4.69) is 36.2 Å². The summed E-state index contributed by atoms with van der Waals surface area (Å²) >= 11 is 5.26. The van der Waals surface area contributed by atoms with E-state index >= 15 is 0 Å². The molecule has 0 unspecified atom stereocenters. The van der Waals surface area contributed by atoms with Gasteiger partial charge >= 0.3 is 0 Å². The number of hydrogen-bond donors (Lipinski definition) is 1. The van der Waals surface area contributed by atoms with Crippen LogP contribution < -0.4 is 5.73 Å². The lowest BCUT2D eigenvalue weighted by Gasteiger charge is -2.01. The van der Waals surface area contributed by atoms with Crippen LogP contribution in [0.4, 0.5) is 5.13 Å². The van der Waals surface area contributed by atoms with Crippen LogP contribution in [0.15, 0.2) is 39.6 Å². The summed E-state index contributed by atoms with van der Waals surface area (Å²) < 4.78 is 1.20. The Labute approximate surface area is 114 Å². The molecule has 2 aromatic rings. The van der Waals surface area contributed by atoms with Crippen LogP contribution in [-0.4, -0.2) is 16.5 Å². The third kappa shape index (κ3) is 4.26. The zero-order valence-corrected chi connectivity index (χ0v) is 12.0.